The number of rotatable bonds is 0. The minimum Gasteiger partial charge on any atom is -0.456 e. The summed E-state index contributed by atoms with van der Waals surface area (Å²) >= 11 is 2.34. The number of aryl methyl sites for hydroxylation is 1. The first-order chi connectivity index (χ1) is 7.25. The normalized spacial score (nSPS) is 11.3. The Morgan fingerprint density at radius 3 is 2.73 bits per heavy atom. The molecule has 0 amide bonds. The lowest BCUT2D eigenvalue weighted by Crippen LogP contribution is -1.76. The number of para-hydroxylation sites is 1. The van der Waals surface area contributed by atoms with Crippen molar-refractivity contribution in [1.29, 1.82) is 0 Å². The molecule has 1 aromatic heterocycles. The van der Waals surface area contributed by atoms with Crippen LogP contribution < -0.4 is 0 Å². The summed E-state index contributed by atoms with van der Waals surface area (Å²) in [6.45, 7) is 2.09. The number of fused-ring (bicyclic) bond motifs is 3. The highest BCUT2D eigenvalue weighted by atomic mass is 127. The molecule has 74 valence electrons. The second kappa shape index (κ2) is 3.23. The first-order valence-electron chi connectivity index (χ1n) is 4.83. The summed E-state index contributed by atoms with van der Waals surface area (Å²) in [4.78, 5) is 0. The summed E-state index contributed by atoms with van der Waals surface area (Å²) in [5.74, 6) is 0. The van der Waals surface area contributed by atoms with Gasteiger partial charge in [-0.3, -0.25) is 0 Å². The van der Waals surface area contributed by atoms with E-state index in [0.717, 1.165) is 11.2 Å². The van der Waals surface area contributed by atoms with E-state index in [2.05, 4.69) is 47.7 Å². The Balaban J connectivity index is 2.61. The molecule has 2 aromatic carbocycles. The lowest BCUT2D eigenvalue weighted by atomic mass is 10.1. The van der Waals surface area contributed by atoms with Crippen LogP contribution in [0, 0.1) is 10.5 Å². The van der Waals surface area contributed by atoms with Gasteiger partial charge in [0.25, 0.3) is 0 Å². The van der Waals surface area contributed by atoms with Crippen molar-refractivity contribution in [2.24, 2.45) is 0 Å². The summed E-state index contributed by atoms with van der Waals surface area (Å²) in [6.07, 6.45) is 0. The monoisotopic (exact) mass is 308 g/mol. The van der Waals surface area contributed by atoms with Crippen molar-refractivity contribution in [3.05, 3.63) is 45.5 Å². The fourth-order valence-corrected chi connectivity index (χ4v) is 2.73. The lowest BCUT2D eigenvalue weighted by molar-refractivity contribution is 0.665. The third-order valence-electron chi connectivity index (χ3n) is 2.63. The average molecular weight is 308 g/mol. The zero-order valence-corrected chi connectivity index (χ0v) is 10.4. The van der Waals surface area contributed by atoms with Crippen LogP contribution in [-0.4, -0.2) is 0 Å². The predicted molar refractivity (Wildman–Crippen MR) is 71.2 cm³/mol. The van der Waals surface area contributed by atoms with Gasteiger partial charge in [-0.25, -0.2) is 0 Å². The molecule has 0 unspecified atom stereocenters. The summed E-state index contributed by atoms with van der Waals surface area (Å²) < 4.78 is 7.09. The number of hydrogen-bond acceptors (Lipinski definition) is 1. The van der Waals surface area contributed by atoms with Gasteiger partial charge in [0.05, 0.1) is 0 Å². The molecule has 3 aromatic rings. The SMILES string of the molecule is Cc1cc(I)cc2c1oc1ccccc12. The largest absolute Gasteiger partial charge is 0.456 e. The van der Waals surface area contributed by atoms with E-state index in [1.807, 2.05) is 18.2 Å². The summed E-state index contributed by atoms with van der Waals surface area (Å²) in [5, 5.41) is 2.42. The topological polar surface area (TPSA) is 13.1 Å². The van der Waals surface area contributed by atoms with Crippen molar-refractivity contribution in [2.45, 2.75) is 6.92 Å². The van der Waals surface area contributed by atoms with Crippen LogP contribution in [0.2, 0.25) is 0 Å². The first kappa shape index (κ1) is 9.21. The molecule has 2 heteroatoms. The molecule has 15 heavy (non-hydrogen) atoms. The van der Waals surface area contributed by atoms with Crippen LogP contribution >= 0.6 is 22.6 Å². The summed E-state index contributed by atoms with van der Waals surface area (Å²) in [7, 11) is 0. The highest BCUT2D eigenvalue weighted by Crippen LogP contribution is 2.31. The Labute approximate surface area is 101 Å². The summed E-state index contributed by atoms with van der Waals surface area (Å²) in [6, 6.07) is 12.5. The molecule has 0 N–H and O–H groups in total. The van der Waals surface area contributed by atoms with Crippen LogP contribution in [0.15, 0.2) is 40.8 Å². The van der Waals surface area contributed by atoms with Crippen molar-refractivity contribution in [3.63, 3.8) is 0 Å². The minimum atomic E-state index is 0.970. The van der Waals surface area contributed by atoms with Crippen LogP contribution in [0.25, 0.3) is 21.9 Å². The van der Waals surface area contributed by atoms with Crippen LogP contribution in [0.5, 0.6) is 0 Å². The standard InChI is InChI=1S/C13H9IO/c1-8-6-9(14)7-11-10-4-2-3-5-12(10)15-13(8)11/h2-7H,1H3. The molecule has 0 radical (unpaired) electrons. The second-order valence-electron chi connectivity index (χ2n) is 3.70. The highest BCUT2D eigenvalue weighted by Gasteiger charge is 2.08. The van der Waals surface area contributed by atoms with Crippen LogP contribution in [-0.2, 0) is 0 Å². The molecule has 1 heterocycles. The van der Waals surface area contributed by atoms with Gasteiger partial charge in [-0.05, 0) is 53.3 Å². The third-order valence-corrected chi connectivity index (χ3v) is 3.25. The van der Waals surface area contributed by atoms with E-state index in [4.69, 9.17) is 4.42 Å². The molecule has 0 atom stereocenters. The van der Waals surface area contributed by atoms with E-state index in [-0.39, 0.29) is 0 Å². The fraction of sp³-hybridized carbons (Fsp3) is 0.0769. The van der Waals surface area contributed by atoms with Gasteiger partial charge in [-0.15, -0.1) is 0 Å². The van der Waals surface area contributed by atoms with Gasteiger partial charge in [0.15, 0.2) is 0 Å². The molecule has 3 rings (SSSR count). The maximum Gasteiger partial charge on any atom is 0.138 e. The quantitative estimate of drug-likeness (QED) is 0.557. The number of halogens is 1. The van der Waals surface area contributed by atoms with Crippen LogP contribution in [0.1, 0.15) is 5.56 Å². The zero-order valence-electron chi connectivity index (χ0n) is 8.25. The van der Waals surface area contributed by atoms with Gasteiger partial charge in [0.1, 0.15) is 11.2 Å². The maximum atomic E-state index is 5.83. The van der Waals surface area contributed by atoms with E-state index in [9.17, 15) is 0 Å². The fourth-order valence-electron chi connectivity index (χ4n) is 1.95. The Morgan fingerprint density at radius 2 is 1.87 bits per heavy atom. The van der Waals surface area contributed by atoms with E-state index < -0.39 is 0 Å². The average Bonchev–Trinajstić information content (AvgIpc) is 2.57. The number of benzene rings is 2. The molecule has 1 nitrogen and oxygen atoms in total. The van der Waals surface area contributed by atoms with Gasteiger partial charge in [-0.2, -0.15) is 0 Å². The van der Waals surface area contributed by atoms with Crippen molar-refractivity contribution in [2.75, 3.05) is 0 Å². The van der Waals surface area contributed by atoms with Crippen LogP contribution in [0.3, 0.4) is 0 Å². The van der Waals surface area contributed by atoms with Crippen LogP contribution in [0.4, 0.5) is 0 Å². The van der Waals surface area contributed by atoms with Crippen molar-refractivity contribution < 1.29 is 4.42 Å². The Hall–Kier alpha value is -1.03. The molecule has 0 fully saturated rings. The molecule has 0 aliphatic carbocycles. The summed E-state index contributed by atoms with van der Waals surface area (Å²) in [5.41, 5.74) is 3.18. The van der Waals surface area contributed by atoms with Crippen molar-refractivity contribution in [1.82, 2.24) is 0 Å². The lowest BCUT2D eigenvalue weighted by Gasteiger charge is -1.95. The molecule has 0 aliphatic heterocycles. The van der Waals surface area contributed by atoms with Gasteiger partial charge in [0.2, 0.25) is 0 Å². The molecular formula is C13H9IO. The van der Waals surface area contributed by atoms with Gasteiger partial charge >= 0.3 is 0 Å². The molecule has 0 saturated carbocycles. The van der Waals surface area contributed by atoms with E-state index in [0.29, 0.717) is 0 Å². The Kier molecular flexibility index (Phi) is 1.99. The van der Waals surface area contributed by atoms with Crippen molar-refractivity contribution in [3.8, 4) is 0 Å². The third kappa shape index (κ3) is 1.35. The van der Waals surface area contributed by atoms with Gasteiger partial charge < -0.3 is 4.42 Å². The van der Waals surface area contributed by atoms with E-state index in [1.54, 1.807) is 0 Å². The molecule has 0 spiro atoms. The highest BCUT2D eigenvalue weighted by molar-refractivity contribution is 14.1. The second-order valence-corrected chi connectivity index (χ2v) is 4.94. The molecule has 0 bridgehead atoms. The molecule has 0 aliphatic rings. The number of furan rings is 1. The van der Waals surface area contributed by atoms with Gasteiger partial charge in [-0.1, -0.05) is 18.2 Å². The molecule has 0 saturated heterocycles. The Bertz CT molecular complexity index is 652. The van der Waals surface area contributed by atoms with Gasteiger partial charge in [0, 0.05) is 14.3 Å². The number of hydrogen-bond donors (Lipinski definition) is 0. The van der Waals surface area contributed by atoms with E-state index in [1.165, 1.54) is 19.9 Å². The zero-order chi connectivity index (χ0) is 10.4. The Morgan fingerprint density at radius 1 is 1.07 bits per heavy atom. The molecular weight excluding hydrogens is 299 g/mol. The van der Waals surface area contributed by atoms with E-state index >= 15 is 0 Å². The smallest absolute Gasteiger partial charge is 0.138 e. The maximum absolute atomic E-state index is 5.83. The van der Waals surface area contributed by atoms with Crippen molar-refractivity contribution >= 4 is 44.5 Å². The predicted octanol–water partition coefficient (Wildman–Crippen LogP) is 4.50. The first-order valence-corrected chi connectivity index (χ1v) is 5.91. The minimum absolute atomic E-state index is 0.970.